The Hall–Kier alpha value is -1.55. The standard InChI is InChI=1S/C17H26N2O2/c1-12(2)14-6-8-15(9-7-14)19-17(21)18-11-13-4-3-5-16(20)10-13/h6-9,12-13,16,20H,3-5,10-11H2,1-2H3,(H2,18,19,21). The molecule has 0 aliphatic heterocycles. The lowest BCUT2D eigenvalue weighted by Gasteiger charge is -2.25. The molecule has 116 valence electrons. The molecular formula is C17H26N2O2. The first kappa shape index (κ1) is 15.8. The normalized spacial score (nSPS) is 22.1. The fourth-order valence-corrected chi connectivity index (χ4v) is 2.81. The number of hydrogen-bond acceptors (Lipinski definition) is 2. The predicted octanol–water partition coefficient (Wildman–Crippen LogP) is 3.48. The number of hydrogen-bond donors (Lipinski definition) is 3. The quantitative estimate of drug-likeness (QED) is 0.795. The van der Waals surface area contributed by atoms with E-state index < -0.39 is 0 Å². The summed E-state index contributed by atoms with van der Waals surface area (Å²) in [6, 6.07) is 7.76. The Balaban J connectivity index is 1.76. The third-order valence-electron chi connectivity index (χ3n) is 4.14. The highest BCUT2D eigenvalue weighted by molar-refractivity contribution is 5.89. The fraction of sp³-hybridized carbons (Fsp3) is 0.588. The van der Waals surface area contributed by atoms with Crippen LogP contribution in [0.1, 0.15) is 51.0 Å². The topological polar surface area (TPSA) is 61.4 Å². The minimum absolute atomic E-state index is 0.174. The number of rotatable bonds is 4. The van der Waals surface area contributed by atoms with Gasteiger partial charge in [0.1, 0.15) is 0 Å². The van der Waals surface area contributed by atoms with Crippen LogP contribution in [-0.4, -0.2) is 23.8 Å². The predicted molar refractivity (Wildman–Crippen MR) is 85.5 cm³/mol. The first-order valence-electron chi connectivity index (χ1n) is 7.87. The van der Waals surface area contributed by atoms with Crippen molar-refractivity contribution in [3.63, 3.8) is 0 Å². The van der Waals surface area contributed by atoms with E-state index >= 15 is 0 Å². The van der Waals surface area contributed by atoms with E-state index in [9.17, 15) is 9.90 Å². The van der Waals surface area contributed by atoms with Gasteiger partial charge in [0.2, 0.25) is 0 Å². The largest absolute Gasteiger partial charge is 0.393 e. The Labute approximate surface area is 126 Å². The van der Waals surface area contributed by atoms with Gasteiger partial charge in [-0.15, -0.1) is 0 Å². The Morgan fingerprint density at radius 3 is 2.62 bits per heavy atom. The van der Waals surface area contributed by atoms with Crippen molar-refractivity contribution in [1.29, 1.82) is 0 Å². The SMILES string of the molecule is CC(C)c1ccc(NC(=O)NCC2CCCC(O)C2)cc1. The highest BCUT2D eigenvalue weighted by atomic mass is 16.3. The van der Waals surface area contributed by atoms with Crippen molar-refractivity contribution in [2.45, 2.75) is 51.6 Å². The van der Waals surface area contributed by atoms with Gasteiger partial charge in [-0.25, -0.2) is 4.79 Å². The summed E-state index contributed by atoms with van der Waals surface area (Å²) in [5.41, 5.74) is 2.07. The molecule has 2 rings (SSSR count). The summed E-state index contributed by atoms with van der Waals surface area (Å²) in [5, 5.41) is 15.4. The van der Waals surface area contributed by atoms with Crippen LogP contribution in [0.5, 0.6) is 0 Å². The van der Waals surface area contributed by atoms with Crippen molar-refractivity contribution in [3.05, 3.63) is 29.8 Å². The molecule has 1 saturated carbocycles. The van der Waals surface area contributed by atoms with Crippen LogP contribution < -0.4 is 10.6 Å². The molecule has 3 N–H and O–H groups in total. The van der Waals surface area contributed by atoms with Gasteiger partial charge in [0.25, 0.3) is 0 Å². The molecule has 1 fully saturated rings. The van der Waals surface area contributed by atoms with Crippen LogP contribution in [-0.2, 0) is 0 Å². The zero-order chi connectivity index (χ0) is 15.2. The van der Waals surface area contributed by atoms with Crippen molar-refractivity contribution in [3.8, 4) is 0 Å². The van der Waals surface area contributed by atoms with Gasteiger partial charge in [0.15, 0.2) is 0 Å². The Kier molecular flexibility index (Phi) is 5.62. The minimum atomic E-state index is -0.197. The Morgan fingerprint density at radius 1 is 1.29 bits per heavy atom. The van der Waals surface area contributed by atoms with Gasteiger partial charge < -0.3 is 15.7 Å². The zero-order valence-electron chi connectivity index (χ0n) is 12.9. The van der Waals surface area contributed by atoms with E-state index in [-0.39, 0.29) is 12.1 Å². The molecule has 21 heavy (non-hydrogen) atoms. The Morgan fingerprint density at radius 2 is 2.00 bits per heavy atom. The number of carbonyl (C=O) groups is 1. The minimum Gasteiger partial charge on any atom is -0.393 e. The maximum Gasteiger partial charge on any atom is 0.319 e. The summed E-state index contributed by atoms with van der Waals surface area (Å²) in [6.07, 6.45) is 3.62. The van der Waals surface area contributed by atoms with E-state index in [4.69, 9.17) is 0 Å². The summed E-state index contributed by atoms with van der Waals surface area (Å²) >= 11 is 0. The average molecular weight is 290 g/mol. The van der Waals surface area contributed by atoms with Crippen LogP contribution in [0.25, 0.3) is 0 Å². The van der Waals surface area contributed by atoms with E-state index in [0.29, 0.717) is 18.4 Å². The molecule has 2 amide bonds. The molecular weight excluding hydrogens is 264 g/mol. The number of carbonyl (C=O) groups excluding carboxylic acids is 1. The Bertz CT molecular complexity index is 456. The van der Waals surface area contributed by atoms with Crippen molar-refractivity contribution in [1.82, 2.24) is 5.32 Å². The highest BCUT2D eigenvalue weighted by Gasteiger charge is 2.20. The molecule has 0 saturated heterocycles. The number of aliphatic hydroxyl groups excluding tert-OH is 1. The molecule has 0 aromatic heterocycles. The number of anilines is 1. The second kappa shape index (κ2) is 7.46. The van der Waals surface area contributed by atoms with E-state index in [2.05, 4.69) is 24.5 Å². The summed E-state index contributed by atoms with van der Waals surface area (Å²) < 4.78 is 0. The van der Waals surface area contributed by atoms with Gasteiger partial charge >= 0.3 is 6.03 Å². The molecule has 0 radical (unpaired) electrons. The molecule has 0 bridgehead atoms. The fourth-order valence-electron chi connectivity index (χ4n) is 2.81. The van der Waals surface area contributed by atoms with E-state index in [1.165, 1.54) is 5.56 Å². The molecule has 2 atom stereocenters. The third kappa shape index (κ3) is 5.05. The van der Waals surface area contributed by atoms with Crippen molar-refractivity contribution < 1.29 is 9.90 Å². The van der Waals surface area contributed by atoms with E-state index in [1.807, 2.05) is 24.3 Å². The lowest BCUT2D eigenvalue weighted by molar-refractivity contribution is 0.101. The zero-order valence-corrected chi connectivity index (χ0v) is 12.9. The van der Waals surface area contributed by atoms with Gasteiger partial charge in [-0.05, 0) is 48.8 Å². The molecule has 4 heteroatoms. The number of amides is 2. The van der Waals surface area contributed by atoms with Crippen LogP contribution >= 0.6 is 0 Å². The van der Waals surface area contributed by atoms with Gasteiger partial charge in [-0.3, -0.25) is 0 Å². The first-order chi connectivity index (χ1) is 10.0. The third-order valence-corrected chi connectivity index (χ3v) is 4.14. The molecule has 1 aliphatic carbocycles. The smallest absolute Gasteiger partial charge is 0.319 e. The number of benzene rings is 1. The maximum atomic E-state index is 11.9. The second-order valence-corrected chi connectivity index (χ2v) is 6.30. The summed E-state index contributed by atoms with van der Waals surface area (Å²) in [4.78, 5) is 11.9. The van der Waals surface area contributed by atoms with Gasteiger partial charge in [0.05, 0.1) is 6.10 Å². The van der Waals surface area contributed by atoms with Gasteiger partial charge in [-0.1, -0.05) is 32.4 Å². The maximum absolute atomic E-state index is 11.9. The van der Waals surface area contributed by atoms with Crippen LogP contribution in [0.3, 0.4) is 0 Å². The highest BCUT2D eigenvalue weighted by Crippen LogP contribution is 2.23. The monoisotopic (exact) mass is 290 g/mol. The van der Waals surface area contributed by atoms with Crippen LogP contribution in [0.2, 0.25) is 0 Å². The van der Waals surface area contributed by atoms with Crippen molar-refractivity contribution >= 4 is 11.7 Å². The van der Waals surface area contributed by atoms with Crippen molar-refractivity contribution in [2.24, 2.45) is 5.92 Å². The molecule has 0 heterocycles. The molecule has 1 aromatic rings. The molecule has 0 spiro atoms. The lowest BCUT2D eigenvalue weighted by Crippen LogP contribution is -2.35. The summed E-state index contributed by atoms with van der Waals surface area (Å²) in [6.45, 7) is 4.93. The molecule has 1 aromatic carbocycles. The van der Waals surface area contributed by atoms with E-state index in [0.717, 1.165) is 31.4 Å². The first-order valence-corrected chi connectivity index (χ1v) is 7.87. The lowest BCUT2D eigenvalue weighted by atomic mass is 9.87. The summed E-state index contributed by atoms with van der Waals surface area (Å²) in [5.74, 6) is 0.883. The van der Waals surface area contributed by atoms with Gasteiger partial charge in [0, 0.05) is 12.2 Å². The number of urea groups is 1. The molecule has 2 unspecified atom stereocenters. The van der Waals surface area contributed by atoms with E-state index in [1.54, 1.807) is 0 Å². The number of aliphatic hydroxyl groups is 1. The van der Waals surface area contributed by atoms with Crippen LogP contribution in [0, 0.1) is 5.92 Å². The second-order valence-electron chi connectivity index (χ2n) is 6.30. The van der Waals surface area contributed by atoms with Crippen LogP contribution in [0.15, 0.2) is 24.3 Å². The molecule has 4 nitrogen and oxygen atoms in total. The van der Waals surface area contributed by atoms with Crippen LogP contribution in [0.4, 0.5) is 10.5 Å². The molecule has 1 aliphatic rings. The average Bonchev–Trinajstić information content (AvgIpc) is 2.46. The summed E-state index contributed by atoms with van der Waals surface area (Å²) in [7, 11) is 0. The number of nitrogens with one attached hydrogen (secondary N) is 2. The van der Waals surface area contributed by atoms with Crippen molar-refractivity contribution in [2.75, 3.05) is 11.9 Å². The van der Waals surface area contributed by atoms with Gasteiger partial charge in [-0.2, -0.15) is 0 Å².